The van der Waals surface area contributed by atoms with E-state index in [9.17, 15) is 9.59 Å². The number of nitrogens with zero attached hydrogens (tertiary/aromatic N) is 1. The van der Waals surface area contributed by atoms with Crippen LogP contribution in [0.25, 0.3) is 10.8 Å². The lowest BCUT2D eigenvalue weighted by molar-refractivity contribution is -0.141. The van der Waals surface area contributed by atoms with Crippen molar-refractivity contribution in [2.24, 2.45) is 5.92 Å². The van der Waals surface area contributed by atoms with Gasteiger partial charge in [0.25, 0.3) is 0 Å². The first kappa shape index (κ1) is 18.1. The van der Waals surface area contributed by atoms with Gasteiger partial charge in [-0.15, -0.1) is 0 Å². The molecule has 2 aromatic carbocycles. The van der Waals surface area contributed by atoms with Crippen LogP contribution in [0.5, 0.6) is 0 Å². The second-order valence-electron chi connectivity index (χ2n) is 5.97. The van der Waals surface area contributed by atoms with Gasteiger partial charge in [0.1, 0.15) is 0 Å². The Morgan fingerprint density at radius 3 is 2.42 bits per heavy atom. The van der Waals surface area contributed by atoms with E-state index in [0.717, 1.165) is 16.3 Å². The molecule has 128 valence electrons. The van der Waals surface area contributed by atoms with E-state index in [1.165, 1.54) is 4.90 Å². The van der Waals surface area contributed by atoms with E-state index in [2.05, 4.69) is 5.32 Å². The number of carboxylic acids is 1. The number of carboxylic acid groups (broad SMARTS) is 1. The highest BCUT2D eigenvalue weighted by molar-refractivity contribution is 6.35. The Bertz CT molecular complexity index is 763. The zero-order valence-corrected chi connectivity index (χ0v) is 14.7. The van der Waals surface area contributed by atoms with Gasteiger partial charge in [-0.05, 0) is 23.9 Å². The van der Waals surface area contributed by atoms with E-state index in [-0.39, 0.29) is 18.6 Å². The molecule has 6 heteroatoms. The van der Waals surface area contributed by atoms with Crippen LogP contribution in [0.3, 0.4) is 0 Å². The van der Waals surface area contributed by atoms with E-state index in [0.29, 0.717) is 5.02 Å². The molecule has 0 saturated heterocycles. The van der Waals surface area contributed by atoms with Crippen LogP contribution >= 0.6 is 11.6 Å². The van der Waals surface area contributed by atoms with E-state index in [1.807, 2.05) is 43.3 Å². The highest BCUT2D eigenvalue weighted by atomic mass is 35.5. The van der Waals surface area contributed by atoms with Gasteiger partial charge in [0.15, 0.2) is 0 Å². The largest absolute Gasteiger partial charge is 0.481 e. The zero-order valence-electron chi connectivity index (χ0n) is 13.9. The van der Waals surface area contributed by atoms with Gasteiger partial charge < -0.3 is 15.3 Å². The first-order valence-electron chi connectivity index (χ1n) is 7.72. The summed E-state index contributed by atoms with van der Waals surface area (Å²) < 4.78 is 0. The maximum absolute atomic E-state index is 12.3. The van der Waals surface area contributed by atoms with Crippen molar-refractivity contribution < 1.29 is 14.7 Å². The average Bonchev–Trinajstić information content (AvgIpc) is 2.55. The molecule has 0 heterocycles. The smallest absolute Gasteiger partial charge is 0.317 e. The van der Waals surface area contributed by atoms with Gasteiger partial charge in [-0.1, -0.05) is 48.9 Å². The van der Waals surface area contributed by atoms with Gasteiger partial charge in [-0.3, -0.25) is 4.79 Å². The Balaban J connectivity index is 2.15. The summed E-state index contributed by atoms with van der Waals surface area (Å²) in [5.74, 6) is -1.54. The van der Waals surface area contributed by atoms with Crippen LogP contribution in [0, 0.1) is 5.92 Å². The number of urea groups is 1. The number of hydrogen-bond donors (Lipinski definition) is 2. The first-order chi connectivity index (χ1) is 11.3. The monoisotopic (exact) mass is 348 g/mol. The molecule has 2 rings (SSSR count). The van der Waals surface area contributed by atoms with Gasteiger partial charge in [0, 0.05) is 24.0 Å². The molecule has 0 radical (unpaired) electrons. The fourth-order valence-corrected chi connectivity index (χ4v) is 2.84. The SMILES string of the molecule is CC(CN(C)C(=O)NC(C)c1ccc(Cl)c2ccccc12)C(=O)O. The molecule has 2 aromatic rings. The Hall–Kier alpha value is -2.27. The number of carbonyl (C=O) groups excluding carboxylic acids is 1. The van der Waals surface area contributed by atoms with Crippen molar-refractivity contribution in [1.29, 1.82) is 0 Å². The summed E-state index contributed by atoms with van der Waals surface area (Å²) in [5, 5.41) is 14.4. The Kier molecular flexibility index (Phi) is 5.67. The summed E-state index contributed by atoms with van der Waals surface area (Å²) in [6.07, 6.45) is 0. The van der Waals surface area contributed by atoms with Crippen molar-refractivity contribution >= 4 is 34.4 Å². The van der Waals surface area contributed by atoms with Crippen LogP contribution in [0.15, 0.2) is 36.4 Å². The number of aliphatic carboxylic acids is 1. The third-order valence-corrected chi connectivity index (χ3v) is 4.36. The molecule has 2 atom stereocenters. The second kappa shape index (κ2) is 7.53. The molecule has 2 amide bonds. The molecular formula is C18H21ClN2O3. The summed E-state index contributed by atoms with van der Waals surface area (Å²) in [6, 6.07) is 10.9. The molecule has 0 aliphatic carbocycles. The van der Waals surface area contributed by atoms with Crippen molar-refractivity contribution in [2.75, 3.05) is 13.6 Å². The number of fused-ring (bicyclic) bond motifs is 1. The molecule has 0 aliphatic rings. The molecule has 2 unspecified atom stereocenters. The van der Waals surface area contributed by atoms with Gasteiger partial charge in [-0.2, -0.15) is 0 Å². The molecule has 0 aromatic heterocycles. The lowest BCUT2D eigenvalue weighted by Crippen LogP contribution is -2.41. The van der Waals surface area contributed by atoms with E-state index >= 15 is 0 Å². The minimum Gasteiger partial charge on any atom is -0.481 e. The normalized spacial score (nSPS) is 13.3. The molecule has 0 fully saturated rings. The topological polar surface area (TPSA) is 69.6 Å². The van der Waals surface area contributed by atoms with Crippen molar-refractivity contribution in [2.45, 2.75) is 19.9 Å². The van der Waals surface area contributed by atoms with E-state index in [1.54, 1.807) is 14.0 Å². The summed E-state index contributed by atoms with van der Waals surface area (Å²) in [6.45, 7) is 3.61. The number of carbonyl (C=O) groups is 2. The summed E-state index contributed by atoms with van der Waals surface area (Å²) >= 11 is 6.23. The van der Waals surface area contributed by atoms with Crippen LogP contribution < -0.4 is 5.32 Å². The minimum absolute atomic E-state index is 0.148. The van der Waals surface area contributed by atoms with Gasteiger partial charge in [0.2, 0.25) is 0 Å². The van der Waals surface area contributed by atoms with Crippen molar-refractivity contribution in [3.05, 3.63) is 47.0 Å². The highest BCUT2D eigenvalue weighted by Crippen LogP contribution is 2.29. The molecule has 24 heavy (non-hydrogen) atoms. The van der Waals surface area contributed by atoms with Crippen LogP contribution in [0.1, 0.15) is 25.5 Å². The predicted octanol–water partition coefficient (Wildman–Crippen LogP) is 3.92. The van der Waals surface area contributed by atoms with Crippen LogP contribution in [-0.2, 0) is 4.79 Å². The molecular weight excluding hydrogens is 328 g/mol. The fourth-order valence-electron chi connectivity index (χ4n) is 2.61. The number of halogens is 1. The maximum Gasteiger partial charge on any atom is 0.317 e. The standard InChI is InChI=1S/C18H21ClN2O3/c1-11(17(22)23)10-21(3)18(24)20-12(2)13-8-9-16(19)15-7-5-4-6-14(13)15/h4-9,11-12H,10H2,1-3H3,(H,20,24)(H,22,23). The van der Waals surface area contributed by atoms with Crippen molar-refractivity contribution in [1.82, 2.24) is 10.2 Å². The Morgan fingerprint density at radius 2 is 1.79 bits per heavy atom. The summed E-state index contributed by atoms with van der Waals surface area (Å²) in [7, 11) is 1.58. The number of rotatable bonds is 5. The highest BCUT2D eigenvalue weighted by Gasteiger charge is 2.19. The Labute approximate surface area is 146 Å². The number of amides is 2. The minimum atomic E-state index is -0.925. The predicted molar refractivity (Wildman–Crippen MR) is 95.3 cm³/mol. The van der Waals surface area contributed by atoms with E-state index in [4.69, 9.17) is 16.7 Å². The number of hydrogen-bond acceptors (Lipinski definition) is 2. The number of nitrogens with one attached hydrogen (secondary N) is 1. The molecule has 0 aliphatic heterocycles. The molecule has 0 saturated carbocycles. The molecule has 0 spiro atoms. The first-order valence-corrected chi connectivity index (χ1v) is 8.10. The average molecular weight is 349 g/mol. The molecule has 5 nitrogen and oxygen atoms in total. The maximum atomic E-state index is 12.3. The van der Waals surface area contributed by atoms with Crippen LogP contribution in [0.2, 0.25) is 5.02 Å². The molecule has 2 N–H and O–H groups in total. The quantitative estimate of drug-likeness (QED) is 0.860. The zero-order chi connectivity index (χ0) is 17.9. The number of benzene rings is 2. The third-order valence-electron chi connectivity index (χ3n) is 4.03. The van der Waals surface area contributed by atoms with Crippen LogP contribution in [0.4, 0.5) is 4.79 Å². The van der Waals surface area contributed by atoms with Crippen molar-refractivity contribution in [3.63, 3.8) is 0 Å². The van der Waals surface area contributed by atoms with Crippen molar-refractivity contribution in [3.8, 4) is 0 Å². The second-order valence-corrected chi connectivity index (χ2v) is 6.38. The lowest BCUT2D eigenvalue weighted by Gasteiger charge is -2.23. The van der Waals surface area contributed by atoms with Crippen LogP contribution in [-0.4, -0.2) is 35.6 Å². The lowest BCUT2D eigenvalue weighted by atomic mass is 9.99. The van der Waals surface area contributed by atoms with E-state index < -0.39 is 11.9 Å². The molecule has 0 bridgehead atoms. The van der Waals surface area contributed by atoms with Gasteiger partial charge in [-0.25, -0.2) is 4.79 Å². The van der Waals surface area contributed by atoms with Gasteiger partial charge in [0.05, 0.1) is 12.0 Å². The Morgan fingerprint density at radius 1 is 1.17 bits per heavy atom. The fraction of sp³-hybridized carbons (Fsp3) is 0.333. The summed E-state index contributed by atoms with van der Waals surface area (Å²) in [5.41, 5.74) is 0.961. The van der Waals surface area contributed by atoms with Gasteiger partial charge >= 0.3 is 12.0 Å². The summed E-state index contributed by atoms with van der Waals surface area (Å²) in [4.78, 5) is 24.6. The third kappa shape index (κ3) is 3.97.